The molecule has 7 nitrogen and oxygen atoms in total. The molecule has 1 N–H and O–H groups in total. The van der Waals surface area contributed by atoms with Crippen LogP contribution >= 0.6 is 0 Å². The van der Waals surface area contributed by atoms with E-state index in [0.717, 1.165) is 60.8 Å². The van der Waals surface area contributed by atoms with Gasteiger partial charge in [0.2, 0.25) is 5.95 Å². The molecule has 1 aromatic carbocycles. The average Bonchev–Trinajstić information content (AvgIpc) is 2.62. The molecule has 1 aromatic heterocycles. The van der Waals surface area contributed by atoms with E-state index in [2.05, 4.69) is 27.1 Å². The number of aryl methyl sites for hydroxylation is 1. The molecule has 0 unspecified atom stereocenters. The third-order valence-electron chi connectivity index (χ3n) is 4.44. The zero-order chi connectivity index (χ0) is 17.2. The van der Waals surface area contributed by atoms with Gasteiger partial charge >= 0.3 is 0 Å². The number of nitrogens with one attached hydrogen (secondary N) is 1. The van der Waals surface area contributed by atoms with Gasteiger partial charge in [-0.3, -0.25) is 0 Å². The van der Waals surface area contributed by atoms with Gasteiger partial charge in [0.15, 0.2) is 11.5 Å². The molecule has 4 rings (SSSR count). The molecule has 1 fully saturated rings. The summed E-state index contributed by atoms with van der Waals surface area (Å²) in [5.41, 5.74) is 1.87. The van der Waals surface area contributed by atoms with Crippen LogP contribution in [0.5, 0.6) is 11.5 Å². The molecule has 2 aromatic rings. The predicted octanol–water partition coefficient (Wildman–Crippen LogP) is 2.05. The van der Waals surface area contributed by atoms with Crippen LogP contribution in [0.4, 0.5) is 17.5 Å². The number of hydrogen-bond acceptors (Lipinski definition) is 7. The minimum absolute atomic E-state index is 0.580. The van der Waals surface area contributed by atoms with E-state index in [4.69, 9.17) is 14.5 Å². The second-order valence-corrected chi connectivity index (χ2v) is 6.47. The van der Waals surface area contributed by atoms with Gasteiger partial charge in [-0.05, 0) is 26.1 Å². The summed E-state index contributed by atoms with van der Waals surface area (Å²) < 4.78 is 11.2. The Labute approximate surface area is 147 Å². The first kappa shape index (κ1) is 16.0. The van der Waals surface area contributed by atoms with Gasteiger partial charge in [-0.25, -0.2) is 4.98 Å². The second-order valence-electron chi connectivity index (χ2n) is 6.47. The minimum Gasteiger partial charge on any atom is -0.486 e. The van der Waals surface area contributed by atoms with Gasteiger partial charge < -0.3 is 24.6 Å². The largest absolute Gasteiger partial charge is 0.486 e. The third kappa shape index (κ3) is 3.61. The number of fused-ring (bicyclic) bond motifs is 1. The summed E-state index contributed by atoms with van der Waals surface area (Å²) in [4.78, 5) is 13.9. The SMILES string of the molecule is Cc1cc(Nc2ccc3c(c2)OCCO3)nc(N2CCN(C)CC2)n1. The molecule has 0 aliphatic carbocycles. The fourth-order valence-electron chi connectivity index (χ4n) is 3.03. The zero-order valence-electron chi connectivity index (χ0n) is 14.7. The van der Waals surface area contributed by atoms with E-state index >= 15 is 0 Å². The van der Waals surface area contributed by atoms with Crippen LogP contribution in [0.1, 0.15) is 5.69 Å². The van der Waals surface area contributed by atoms with E-state index in [9.17, 15) is 0 Å². The van der Waals surface area contributed by atoms with Crippen molar-refractivity contribution < 1.29 is 9.47 Å². The van der Waals surface area contributed by atoms with E-state index in [1.165, 1.54) is 0 Å². The van der Waals surface area contributed by atoms with Crippen molar-refractivity contribution in [2.24, 2.45) is 0 Å². The van der Waals surface area contributed by atoms with E-state index < -0.39 is 0 Å². The van der Waals surface area contributed by atoms with E-state index in [-0.39, 0.29) is 0 Å². The van der Waals surface area contributed by atoms with Crippen LogP contribution in [0.25, 0.3) is 0 Å². The molecule has 0 amide bonds. The summed E-state index contributed by atoms with van der Waals surface area (Å²) in [5, 5.41) is 3.36. The number of nitrogens with zero attached hydrogens (tertiary/aromatic N) is 4. The second kappa shape index (κ2) is 6.76. The van der Waals surface area contributed by atoms with Crippen LogP contribution in [0, 0.1) is 6.92 Å². The van der Waals surface area contributed by atoms with Crippen LogP contribution < -0.4 is 19.7 Å². The van der Waals surface area contributed by atoms with E-state index in [1.54, 1.807) is 0 Å². The van der Waals surface area contributed by atoms with Gasteiger partial charge in [-0.2, -0.15) is 4.98 Å². The highest BCUT2D eigenvalue weighted by molar-refractivity contribution is 5.62. The number of benzene rings is 1. The van der Waals surface area contributed by atoms with Crippen molar-refractivity contribution in [3.05, 3.63) is 30.0 Å². The number of piperazine rings is 1. The summed E-state index contributed by atoms with van der Waals surface area (Å²) >= 11 is 0. The molecule has 0 atom stereocenters. The Morgan fingerprint density at radius 2 is 1.72 bits per heavy atom. The summed E-state index contributed by atoms with van der Waals surface area (Å²) in [6.07, 6.45) is 0. The first-order valence-electron chi connectivity index (χ1n) is 8.63. The molecule has 1 saturated heterocycles. The van der Waals surface area contributed by atoms with Crippen LogP contribution in [0.2, 0.25) is 0 Å². The highest BCUT2D eigenvalue weighted by atomic mass is 16.6. The molecule has 2 aliphatic rings. The highest BCUT2D eigenvalue weighted by Crippen LogP contribution is 2.33. The number of anilines is 3. The standard InChI is InChI=1S/C18H23N5O2/c1-13-11-17(21-18(19-13)23-7-5-22(2)6-8-23)20-14-3-4-15-16(12-14)25-10-9-24-15/h3-4,11-12H,5-10H2,1-2H3,(H,19,20,21). The summed E-state index contributed by atoms with van der Waals surface area (Å²) in [6, 6.07) is 7.80. The van der Waals surface area contributed by atoms with Gasteiger partial charge in [-0.1, -0.05) is 0 Å². The number of ether oxygens (including phenoxy) is 2. The number of likely N-dealkylation sites (N-methyl/N-ethyl adjacent to an activating group) is 1. The van der Waals surface area contributed by atoms with Gasteiger partial charge in [0.05, 0.1) is 0 Å². The maximum atomic E-state index is 5.64. The fourth-order valence-corrected chi connectivity index (χ4v) is 3.03. The van der Waals surface area contributed by atoms with Gasteiger partial charge in [-0.15, -0.1) is 0 Å². The molecule has 132 valence electrons. The van der Waals surface area contributed by atoms with Crippen molar-refractivity contribution in [2.75, 3.05) is 56.7 Å². The lowest BCUT2D eigenvalue weighted by molar-refractivity contribution is 0.171. The Hall–Kier alpha value is -2.54. The third-order valence-corrected chi connectivity index (χ3v) is 4.44. The number of hydrogen-bond donors (Lipinski definition) is 1. The van der Waals surface area contributed by atoms with Crippen LogP contribution in [0.15, 0.2) is 24.3 Å². The van der Waals surface area contributed by atoms with Gasteiger partial charge in [0, 0.05) is 49.7 Å². The predicted molar refractivity (Wildman–Crippen MR) is 97.2 cm³/mol. The quantitative estimate of drug-likeness (QED) is 0.917. The Morgan fingerprint density at radius 3 is 2.52 bits per heavy atom. The summed E-state index contributed by atoms with van der Waals surface area (Å²) in [6.45, 7) is 7.13. The fraction of sp³-hybridized carbons (Fsp3) is 0.444. The van der Waals surface area contributed by atoms with Crippen molar-refractivity contribution in [3.63, 3.8) is 0 Å². The molecule has 7 heteroatoms. The maximum Gasteiger partial charge on any atom is 0.227 e. The molecule has 0 saturated carbocycles. The van der Waals surface area contributed by atoms with Crippen molar-refractivity contribution in [1.82, 2.24) is 14.9 Å². The summed E-state index contributed by atoms with van der Waals surface area (Å²) in [7, 11) is 2.14. The lowest BCUT2D eigenvalue weighted by atomic mass is 10.2. The van der Waals surface area contributed by atoms with Crippen LogP contribution in [-0.2, 0) is 0 Å². The van der Waals surface area contributed by atoms with Crippen molar-refractivity contribution >= 4 is 17.5 Å². The Balaban J connectivity index is 1.54. The van der Waals surface area contributed by atoms with Crippen molar-refractivity contribution in [3.8, 4) is 11.5 Å². The Kier molecular flexibility index (Phi) is 4.31. The van der Waals surface area contributed by atoms with E-state index in [0.29, 0.717) is 13.2 Å². The smallest absolute Gasteiger partial charge is 0.227 e. The average molecular weight is 341 g/mol. The number of aromatic nitrogens is 2. The van der Waals surface area contributed by atoms with Crippen molar-refractivity contribution in [1.29, 1.82) is 0 Å². The molecule has 3 heterocycles. The molecular formula is C18H23N5O2. The van der Waals surface area contributed by atoms with Gasteiger partial charge in [0.25, 0.3) is 0 Å². The zero-order valence-corrected chi connectivity index (χ0v) is 14.7. The lowest BCUT2D eigenvalue weighted by Gasteiger charge is -2.32. The molecule has 0 radical (unpaired) electrons. The highest BCUT2D eigenvalue weighted by Gasteiger charge is 2.18. The monoisotopic (exact) mass is 341 g/mol. The molecular weight excluding hydrogens is 318 g/mol. The first-order valence-corrected chi connectivity index (χ1v) is 8.63. The normalized spacial score (nSPS) is 17.4. The van der Waals surface area contributed by atoms with Crippen LogP contribution in [0.3, 0.4) is 0 Å². The topological polar surface area (TPSA) is 62.8 Å². The number of rotatable bonds is 3. The molecule has 2 aliphatic heterocycles. The molecule has 25 heavy (non-hydrogen) atoms. The Bertz CT molecular complexity index is 759. The first-order chi connectivity index (χ1) is 12.2. The van der Waals surface area contributed by atoms with Crippen molar-refractivity contribution in [2.45, 2.75) is 6.92 Å². The lowest BCUT2D eigenvalue weighted by Crippen LogP contribution is -2.45. The minimum atomic E-state index is 0.580. The van der Waals surface area contributed by atoms with E-state index in [1.807, 2.05) is 31.2 Å². The molecule has 0 bridgehead atoms. The summed E-state index contributed by atoms with van der Waals surface area (Å²) in [5.74, 6) is 3.13. The maximum absolute atomic E-state index is 5.64. The van der Waals surface area contributed by atoms with Crippen LogP contribution in [-0.4, -0.2) is 61.3 Å². The van der Waals surface area contributed by atoms with Gasteiger partial charge in [0.1, 0.15) is 19.0 Å². The Morgan fingerprint density at radius 1 is 0.960 bits per heavy atom. The molecule has 0 spiro atoms.